The predicted octanol–water partition coefficient (Wildman–Crippen LogP) is 0.644. The molecule has 0 aliphatic rings. The Balaban J connectivity index is 2.89. The molecule has 0 bridgehead atoms. The van der Waals surface area contributed by atoms with Crippen LogP contribution in [0.2, 0.25) is 0 Å². The first kappa shape index (κ1) is 7.72. The number of H-pyrrole nitrogens is 1. The molecule has 0 aliphatic carbocycles. The molecule has 1 heterocycles. The topological polar surface area (TPSA) is 71.8 Å². The molecule has 1 aromatic heterocycles. The first-order valence-electron chi connectivity index (χ1n) is 3.62. The number of hydrogen-bond donors (Lipinski definition) is 2. The minimum Gasteiger partial charge on any atom is -0.379 e. The smallest absolute Gasteiger partial charge is 0.290 e. The van der Waals surface area contributed by atoms with Crippen LogP contribution in [0, 0.1) is 5.82 Å². The van der Waals surface area contributed by atoms with Gasteiger partial charge in [-0.05, 0) is 18.2 Å². The molecule has 2 aromatic rings. The maximum Gasteiger partial charge on any atom is 0.290 e. The summed E-state index contributed by atoms with van der Waals surface area (Å²) in [6.45, 7) is 0. The van der Waals surface area contributed by atoms with Gasteiger partial charge in [-0.25, -0.2) is 9.37 Å². The molecule has 0 atom stereocenters. The SMILES string of the molecule is Nc1nc2ccc(F)cc2[nH]c1=O. The fourth-order valence-corrected chi connectivity index (χ4v) is 1.07. The summed E-state index contributed by atoms with van der Waals surface area (Å²) in [5.74, 6) is -0.533. The van der Waals surface area contributed by atoms with Crippen LogP contribution in [0.15, 0.2) is 23.0 Å². The highest BCUT2D eigenvalue weighted by molar-refractivity contribution is 5.74. The third-order valence-electron chi connectivity index (χ3n) is 1.68. The molecule has 0 saturated heterocycles. The van der Waals surface area contributed by atoms with Crippen molar-refractivity contribution in [2.24, 2.45) is 0 Å². The number of benzene rings is 1. The normalized spacial score (nSPS) is 10.5. The van der Waals surface area contributed by atoms with Crippen LogP contribution in [-0.4, -0.2) is 9.97 Å². The lowest BCUT2D eigenvalue weighted by Gasteiger charge is -1.97. The number of nitrogens with two attached hydrogens (primary N) is 1. The fourth-order valence-electron chi connectivity index (χ4n) is 1.07. The second-order valence-electron chi connectivity index (χ2n) is 2.61. The second kappa shape index (κ2) is 2.55. The van der Waals surface area contributed by atoms with Crippen LogP contribution in [0.1, 0.15) is 0 Å². The number of hydrogen-bond acceptors (Lipinski definition) is 3. The Morgan fingerprint density at radius 1 is 1.46 bits per heavy atom. The third-order valence-corrected chi connectivity index (χ3v) is 1.68. The minimum absolute atomic E-state index is 0.112. The predicted molar refractivity (Wildman–Crippen MR) is 46.7 cm³/mol. The molecule has 1 aromatic carbocycles. The molecule has 0 fully saturated rings. The summed E-state index contributed by atoms with van der Waals surface area (Å²) in [6.07, 6.45) is 0. The maximum absolute atomic E-state index is 12.7. The van der Waals surface area contributed by atoms with Gasteiger partial charge in [0.25, 0.3) is 5.56 Å². The summed E-state index contributed by atoms with van der Waals surface area (Å²) in [5, 5.41) is 0. The monoisotopic (exact) mass is 179 g/mol. The van der Waals surface area contributed by atoms with Gasteiger partial charge in [-0.15, -0.1) is 0 Å². The standard InChI is InChI=1S/C8H6FN3O/c9-4-1-2-5-6(3-4)12-8(13)7(10)11-5/h1-3H,(H2,10,11)(H,12,13). The van der Waals surface area contributed by atoms with Crippen molar-refractivity contribution in [2.75, 3.05) is 5.73 Å². The summed E-state index contributed by atoms with van der Waals surface area (Å²) in [4.78, 5) is 17.2. The van der Waals surface area contributed by atoms with E-state index in [-0.39, 0.29) is 5.82 Å². The number of aromatic amines is 1. The van der Waals surface area contributed by atoms with Crippen molar-refractivity contribution < 1.29 is 4.39 Å². The summed E-state index contributed by atoms with van der Waals surface area (Å²) in [6, 6.07) is 3.91. The van der Waals surface area contributed by atoms with Crippen LogP contribution in [0.4, 0.5) is 10.2 Å². The highest BCUT2D eigenvalue weighted by atomic mass is 19.1. The summed E-state index contributed by atoms with van der Waals surface area (Å²) in [5.41, 5.74) is 5.59. The molecule has 0 unspecified atom stereocenters. The highest BCUT2D eigenvalue weighted by Gasteiger charge is 2.01. The second-order valence-corrected chi connectivity index (χ2v) is 2.61. The van der Waals surface area contributed by atoms with E-state index >= 15 is 0 Å². The summed E-state index contributed by atoms with van der Waals surface area (Å²) >= 11 is 0. The van der Waals surface area contributed by atoms with E-state index in [1.54, 1.807) is 0 Å². The number of halogens is 1. The van der Waals surface area contributed by atoms with E-state index in [1.807, 2.05) is 0 Å². The van der Waals surface area contributed by atoms with E-state index in [9.17, 15) is 9.18 Å². The Bertz CT molecular complexity index is 520. The van der Waals surface area contributed by atoms with Crippen LogP contribution >= 0.6 is 0 Å². The molecule has 13 heavy (non-hydrogen) atoms. The first-order valence-corrected chi connectivity index (χ1v) is 3.62. The number of nitrogens with one attached hydrogen (secondary N) is 1. The number of aromatic nitrogens is 2. The van der Waals surface area contributed by atoms with E-state index < -0.39 is 11.4 Å². The Kier molecular flexibility index (Phi) is 1.51. The highest BCUT2D eigenvalue weighted by Crippen LogP contribution is 2.09. The molecule has 3 N–H and O–H groups in total. The van der Waals surface area contributed by atoms with Crippen molar-refractivity contribution in [3.63, 3.8) is 0 Å². The fraction of sp³-hybridized carbons (Fsp3) is 0. The Hall–Kier alpha value is -1.91. The van der Waals surface area contributed by atoms with Crippen LogP contribution < -0.4 is 11.3 Å². The molecule has 0 saturated carbocycles. The summed E-state index contributed by atoms with van der Waals surface area (Å²) in [7, 11) is 0. The number of rotatable bonds is 0. The lowest BCUT2D eigenvalue weighted by atomic mass is 10.3. The average molecular weight is 179 g/mol. The summed E-state index contributed by atoms with van der Waals surface area (Å²) < 4.78 is 12.7. The Labute approximate surface area is 72.2 Å². The molecule has 0 spiro atoms. The molecule has 0 radical (unpaired) electrons. The molecule has 0 amide bonds. The largest absolute Gasteiger partial charge is 0.379 e. The Morgan fingerprint density at radius 3 is 3.00 bits per heavy atom. The first-order chi connectivity index (χ1) is 6.16. The number of anilines is 1. The van der Waals surface area contributed by atoms with E-state index in [0.29, 0.717) is 11.0 Å². The zero-order valence-electron chi connectivity index (χ0n) is 6.54. The van der Waals surface area contributed by atoms with Gasteiger partial charge in [0.15, 0.2) is 5.82 Å². The van der Waals surface area contributed by atoms with E-state index in [1.165, 1.54) is 18.2 Å². The van der Waals surface area contributed by atoms with Crippen molar-refractivity contribution in [1.29, 1.82) is 0 Å². The van der Waals surface area contributed by atoms with Crippen molar-refractivity contribution in [3.8, 4) is 0 Å². The van der Waals surface area contributed by atoms with Gasteiger partial charge >= 0.3 is 0 Å². The minimum atomic E-state index is -0.502. The van der Waals surface area contributed by atoms with Crippen molar-refractivity contribution in [2.45, 2.75) is 0 Å². The average Bonchev–Trinajstić information content (AvgIpc) is 2.08. The quantitative estimate of drug-likeness (QED) is 0.623. The molecule has 66 valence electrons. The lowest BCUT2D eigenvalue weighted by Crippen LogP contribution is -2.13. The van der Waals surface area contributed by atoms with Crippen LogP contribution in [0.25, 0.3) is 11.0 Å². The number of fused-ring (bicyclic) bond motifs is 1. The third kappa shape index (κ3) is 1.24. The number of nitrogen functional groups attached to an aromatic ring is 1. The molecule has 0 aliphatic heterocycles. The van der Waals surface area contributed by atoms with Gasteiger partial charge in [0.2, 0.25) is 0 Å². The van der Waals surface area contributed by atoms with Gasteiger partial charge in [0, 0.05) is 0 Å². The van der Waals surface area contributed by atoms with Gasteiger partial charge in [-0.2, -0.15) is 0 Å². The van der Waals surface area contributed by atoms with Crippen molar-refractivity contribution >= 4 is 16.9 Å². The van der Waals surface area contributed by atoms with Gasteiger partial charge in [-0.3, -0.25) is 4.79 Å². The lowest BCUT2D eigenvalue weighted by molar-refractivity contribution is 0.629. The molecule has 5 heteroatoms. The zero-order valence-corrected chi connectivity index (χ0v) is 6.54. The molecule has 2 rings (SSSR count). The van der Waals surface area contributed by atoms with Crippen LogP contribution in [-0.2, 0) is 0 Å². The van der Waals surface area contributed by atoms with Gasteiger partial charge in [0.1, 0.15) is 5.82 Å². The van der Waals surface area contributed by atoms with Crippen molar-refractivity contribution in [1.82, 2.24) is 9.97 Å². The van der Waals surface area contributed by atoms with E-state index in [0.717, 1.165) is 0 Å². The van der Waals surface area contributed by atoms with Crippen LogP contribution in [0.5, 0.6) is 0 Å². The van der Waals surface area contributed by atoms with Gasteiger partial charge in [0.05, 0.1) is 11.0 Å². The molecular weight excluding hydrogens is 173 g/mol. The van der Waals surface area contributed by atoms with Crippen molar-refractivity contribution in [3.05, 3.63) is 34.4 Å². The number of nitrogens with zero attached hydrogens (tertiary/aromatic N) is 1. The van der Waals surface area contributed by atoms with Gasteiger partial charge < -0.3 is 10.7 Å². The molecular formula is C8H6FN3O. The Morgan fingerprint density at radius 2 is 2.23 bits per heavy atom. The maximum atomic E-state index is 12.7. The van der Waals surface area contributed by atoms with E-state index in [4.69, 9.17) is 5.73 Å². The molecule has 4 nitrogen and oxygen atoms in total. The van der Waals surface area contributed by atoms with Gasteiger partial charge in [-0.1, -0.05) is 0 Å². The zero-order chi connectivity index (χ0) is 9.42. The van der Waals surface area contributed by atoms with Crippen LogP contribution in [0.3, 0.4) is 0 Å². The van der Waals surface area contributed by atoms with E-state index in [2.05, 4.69) is 9.97 Å².